The van der Waals surface area contributed by atoms with E-state index in [9.17, 15) is 19.7 Å². The summed E-state index contributed by atoms with van der Waals surface area (Å²) in [5.74, 6) is -0.0746. The second-order valence-corrected chi connectivity index (χ2v) is 7.00. The van der Waals surface area contributed by atoms with Crippen LogP contribution in [0.25, 0.3) is 17.4 Å². The summed E-state index contributed by atoms with van der Waals surface area (Å²) in [6.07, 6.45) is 1.97. The predicted molar refractivity (Wildman–Crippen MR) is 115 cm³/mol. The van der Waals surface area contributed by atoms with E-state index in [1.807, 2.05) is 6.92 Å². The maximum Gasteiger partial charge on any atom is 0.270 e. The van der Waals surface area contributed by atoms with Crippen molar-refractivity contribution in [2.75, 3.05) is 5.32 Å². The first-order chi connectivity index (χ1) is 15.4. The van der Waals surface area contributed by atoms with Crippen molar-refractivity contribution < 1.29 is 14.1 Å². The number of halogens is 1. The first-order valence-electron chi connectivity index (χ1n) is 9.35. The van der Waals surface area contributed by atoms with Gasteiger partial charge in [0.1, 0.15) is 11.5 Å². The molecule has 0 unspecified atom stereocenters. The minimum atomic E-state index is -0.708. The summed E-state index contributed by atoms with van der Waals surface area (Å²) in [5, 5.41) is 18.1. The van der Waals surface area contributed by atoms with Gasteiger partial charge in [-0.25, -0.2) is 4.98 Å². The van der Waals surface area contributed by atoms with Crippen molar-refractivity contribution >= 4 is 29.0 Å². The number of hydrogen-bond donors (Lipinski definition) is 2. The van der Waals surface area contributed by atoms with Crippen molar-refractivity contribution in [1.29, 1.82) is 0 Å². The fourth-order valence-corrected chi connectivity index (χ4v) is 3.14. The fraction of sp³-hybridized carbons (Fsp3) is 0.100. The topological polar surface area (TPSA) is 149 Å². The van der Waals surface area contributed by atoms with E-state index in [1.165, 1.54) is 35.2 Å². The zero-order valence-corrected chi connectivity index (χ0v) is 17.3. The number of aromatic amines is 1. The van der Waals surface area contributed by atoms with Crippen LogP contribution in [0.2, 0.25) is 5.02 Å². The Bertz CT molecular complexity index is 1380. The number of hydrogen-bond acceptors (Lipinski definition) is 7. The molecule has 11 nitrogen and oxygen atoms in total. The molecule has 0 saturated carbocycles. The van der Waals surface area contributed by atoms with E-state index < -0.39 is 10.8 Å². The summed E-state index contributed by atoms with van der Waals surface area (Å²) in [6, 6.07) is 9.76. The minimum absolute atomic E-state index is 0.0323. The quantitative estimate of drug-likeness (QED) is 0.334. The number of carbonyl (C=O) groups is 1. The molecule has 4 rings (SSSR count). The molecule has 0 spiro atoms. The summed E-state index contributed by atoms with van der Waals surface area (Å²) in [4.78, 5) is 42.4. The van der Waals surface area contributed by atoms with Crippen molar-refractivity contribution in [1.82, 2.24) is 19.7 Å². The van der Waals surface area contributed by atoms with Crippen LogP contribution in [0.5, 0.6) is 0 Å². The van der Waals surface area contributed by atoms with Gasteiger partial charge in [0, 0.05) is 30.0 Å². The van der Waals surface area contributed by atoms with E-state index in [4.69, 9.17) is 16.0 Å². The van der Waals surface area contributed by atoms with E-state index in [-0.39, 0.29) is 33.6 Å². The van der Waals surface area contributed by atoms with E-state index in [0.717, 1.165) is 6.07 Å². The second kappa shape index (κ2) is 8.47. The second-order valence-electron chi connectivity index (χ2n) is 6.59. The molecule has 1 amide bonds. The molecule has 0 aliphatic rings. The summed E-state index contributed by atoms with van der Waals surface area (Å²) in [7, 11) is 0. The third-order valence-electron chi connectivity index (χ3n) is 4.48. The van der Waals surface area contributed by atoms with Gasteiger partial charge in [0.25, 0.3) is 17.2 Å². The highest BCUT2D eigenvalue weighted by Gasteiger charge is 2.21. The number of nitro groups is 1. The Hall–Kier alpha value is -4.25. The normalized spacial score (nSPS) is 10.8. The average Bonchev–Trinajstić information content (AvgIpc) is 3.43. The first kappa shape index (κ1) is 21.0. The molecule has 3 aromatic heterocycles. The van der Waals surface area contributed by atoms with Gasteiger partial charge in [0.05, 0.1) is 21.8 Å². The van der Waals surface area contributed by atoms with Crippen LogP contribution in [0.3, 0.4) is 0 Å². The fourth-order valence-electron chi connectivity index (χ4n) is 2.94. The third kappa shape index (κ3) is 4.14. The number of nitrogens with one attached hydrogen (secondary N) is 2. The van der Waals surface area contributed by atoms with Crippen LogP contribution in [0.4, 0.5) is 11.5 Å². The molecule has 32 heavy (non-hydrogen) atoms. The Balaban J connectivity index is 1.79. The van der Waals surface area contributed by atoms with Crippen molar-refractivity contribution in [2.24, 2.45) is 0 Å². The van der Waals surface area contributed by atoms with E-state index >= 15 is 0 Å². The number of non-ortho nitro benzene ring substituents is 1. The number of anilines is 1. The van der Waals surface area contributed by atoms with Crippen LogP contribution < -0.4 is 10.9 Å². The van der Waals surface area contributed by atoms with Crippen LogP contribution >= 0.6 is 11.6 Å². The number of rotatable bonds is 6. The van der Waals surface area contributed by atoms with Gasteiger partial charge in [0.2, 0.25) is 5.95 Å². The lowest BCUT2D eigenvalue weighted by molar-refractivity contribution is -0.384. The summed E-state index contributed by atoms with van der Waals surface area (Å²) in [6.45, 7) is 1.84. The van der Waals surface area contributed by atoms with Gasteiger partial charge in [-0.2, -0.15) is 9.78 Å². The number of carbonyl (C=O) groups excluding carboxylic acids is 1. The highest BCUT2D eigenvalue weighted by atomic mass is 35.5. The SMILES string of the molecule is CCc1cc(=O)[nH]c(-n2nc(-c3ccco3)cc2NC(=O)c2cc([N+](=O)[O-])ccc2Cl)n1. The summed E-state index contributed by atoms with van der Waals surface area (Å²) < 4.78 is 6.60. The molecule has 162 valence electrons. The highest BCUT2D eigenvalue weighted by molar-refractivity contribution is 6.34. The lowest BCUT2D eigenvalue weighted by Gasteiger charge is -2.09. The van der Waals surface area contributed by atoms with E-state index in [2.05, 4.69) is 20.4 Å². The summed E-state index contributed by atoms with van der Waals surface area (Å²) >= 11 is 6.08. The van der Waals surface area contributed by atoms with Gasteiger partial charge in [0.15, 0.2) is 5.76 Å². The van der Waals surface area contributed by atoms with Crippen LogP contribution in [-0.2, 0) is 6.42 Å². The number of nitro benzene ring substituents is 1. The molecular formula is C20H15ClN6O5. The number of H-pyrrole nitrogens is 1. The van der Waals surface area contributed by atoms with E-state index in [0.29, 0.717) is 23.6 Å². The lowest BCUT2D eigenvalue weighted by atomic mass is 10.2. The minimum Gasteiger partial charge on any atom is -0.463 e. The Morgan fingerprint density at radius 1 is 1.31 bits per heavy atom. The van der Waals surface area contributed by atoms with Crippen molar-refractivity contribution in [2.45, 2.75) is 13.3 Å². The molecular weight excluding hydrogens is 440 g/mol. The summed E-state index contributed by atoms with van der Waals surface area (Å²) in [5.41, 5.74) is 0.113. The molecule has 0 atom stereocenters. The van der Waals surface area contributed by atoms with Crippen LogP contribution in [0.1, 0.15) is 23.0 Å². The molecule has 12 heteroatoms. The van der Waals surface area contributed by atoms with Gasteiger partial charge in [-0.1, -0.05) is 18.5 Å². The van der Waals surface area contributed by atoms with Gasteiger partial charge in [-0.3, -0.25) is 24.7 Å². The number of amides is 1. The van der Waals surface area contributed by atoms with Crippen LogP contribution in [0, 0.1) is 10.1 Å². The van der Waals surface area contributed by atoms with Gasteiger partial charge >= 0.3 is 0 Å². The van der Waals surface area contributed by atoms with Crippen LogP contribution in [-0.4, -0.2) is 30.6 Å². The maximum atomic E-state index is 12.9. The molecule has 0 saturated heterocycles. The zero-order valence-electron chi connectivity index (χ0n) is 16.5. The third-order valence-corrected chi connectivity index (χ3v) is 4.80. The number of aryl methyl sites for hydroxylation is 1. The Labute approximate surface area is 184 Å². The highest BCUT2D eigenvalue weighted by Crippen LogP contribution is 2.26. The molecule has 0 radical (unpaired) electrons. The molecule has 1 aromatic carbocycles. The molecule has 0 aliphatic heterocycles. The number of benzene rings is 1. The van der Waals surface area contributed by atoms with Crippen molar-refractivity contribution in [3.8, 4) is 17.4 Å². The molecule has 2 N–H and O–H groups in total. The monoisotopic (exact) mass is 454 g/mol. The molecule has 0 bridgehead atoms. The number of aromatic nitrogens is 4. The zero-order chi connectivity index (χ0) is 22.8. The van der Waals surface area contributed by atoms with Gasteiger partial charge in [-0.15, -0.1) is 0 Å². The Kier molecular flexibility index (Phi) is 5.56. The Morgan fingerprint density at radius 2 is 2.12 bits per heavy atom. The molecule has 3 heterocycles. The van der Waals surface area contributed by atoms with Crippen LogP contribution in [0.15, 0.2) is 57.9 Å². The smallest absolute Gasteiger partial charge is 0.270 e. The molecule has 4 aromatic rings. The van der Waals surface area contributed by atoms with Gasteiger partial charge < -0.3 is 9.73 Å². The van der Waals surface area contributed by atoms with Crippen molar-refractivity contribution in [3.05, 3.63) is 85.5 Å². The predicted octanol–water partition coefficient (Wildman–Crippen LogP) is 3.59. The van der Waals surface area contributed by atoms with E-state index in [1.54, 1.807) is 12.1 Å². The first-order valence-corrected chi connectivity index (χ1v) is 9.73. The lowest BCUT2D eigenvalue weighted by Crippen LogP contribution is -2.19. The molecule has 0 fully saturated rings. The maximum absolute atomic E-state index is 12.9. The number of furan rings is 1. The standard InChI is InChI=1S/C20H15ClN6O5/c1-2-11-8-18(28)24-20(22-11)26-17(10-15(25-26)16-4-3-7-32-16)23-19(29)13-9-12(27(30)31)5-6-14(13)21/h3-10H,2H2,1H3,(H,23,29)(H,22,24,28). The Morgan fingerprint density at radius 3 is 2.81 bits per heavy atom. The van der Waals surface area contributed by atoms with Crippen molar-refractivity contribution in [3.63, 3.8) is 0 Å². The largest absolute Gasteiger partial charge is 0.463 e. The number of nitrogens with zero attached hydrogens (tertiary/aromatic N) is 4. The van der Waals surface area contributed by atoms with Gasteiger partial charge in [-0.05, 0) is 24.6 Å². The average molecular weight is 455 g/mol. The molecule has 0 aliphatic carbocycles.